The Morgan fingerprint density at radius 1 is 1.12 bits per heavy atom. The van der Waals surface area contributed by atoms with Crippen molar-refractivity contribution in [3.63, 3.8) is 0 Å². The van der Waals surface area contributed by atoms with Gasteiger partial charge in [-0.3, -0.25) is 13.5 Å². The van der Waals surface area contributed by atoms with Crippen molar-refractivity contribution in [1.82, 2.24) is 3.96 Å². The molecular formula is C19H20N2O2S. The SMILES string of the molecule is CCc1ccccc1NC(=O)CCCn1sc2ccccc2c1=O. The highest BCUT2D eigenvalue weighted by Gasteiger charge is 2.09. The number of nitrogens with one attached hydrogen (secondary N) is 1. The third-order valence-corrected chi connectivity index (χ3v) is 5.11. The number of para-hydroxylation sites is 1. The predicted octanol–water partition coefficient (Wildman–Crippen LogP) is 4.04. The number of hydrogen-bond acceptors (Lipinski definition) is 3. The van der Waals surface area contributed by atoms with E-state index >= 15 is 0 Å². The molecule has 0 unspecified atom stereocenters. The van der Waals surface area contributed by atoms with Gasteiger partial charge in [0, 0.05) is 18.7 Å². The van der Waals surface area contributed by atoms with Crippen LogP contribution in [0.4, 0.5) is 5.69 Å². The van der Waals surface area contributed by atoms with Crippen LogP contribution < -0.4 is 10.9 Å². The number of carbonyl (C=O) groups excluding carboxylic acids is 1. The largest absolute Gasteiger partial charge is 0.326 e. The van der Waals surface area contributed by atoms with Gasteiger partial charge < -0.3 is 5.32 Å². The fourth-order valence-electron chi connectivity index (χ4n) is 2.71. The molecule has 3 rings (SSSR count). The Morgan fingerprint density at radius 2 is 1.88 bits per heavy atom. The lowest BCUT2D eigenvalue weighted by Crippen LogP contribution is -2.16. The van der Waals surface area contributed by atoms with E-state index < -0.39 is 0 Å². The fraction of sp³-hybridized carbons (Fsp3) is 0.263. The summed E-state index contributed by atoms with van der Waals surface area (Å²) in [6, 6.07) is 15.4. The molecule has 0 aliphatic rings. The first-order valence-corrected chi connectivity index (χ1v) is 8.93. The van der Waals surface area contributed by atoms with Gasteiger partial charge in [-0.2, -0.15) is 0 Å². The van der Waals surface area contributed by atoms with E-state index in [9.17, 15) is 9.59 Å². The summed E-state index contributed by atoms with van der Waals surface area (Å²) in [6.45, 7) is 2.64. The van der Waals surface area contributed by atoms with Crippen molar-refractivity contribution in [2.24, 2.45) is 0 Å². The van der Waals surface area contributed by atoms with Crippen molar-refractivity contribution >= 4 is 33.2 Å². The van der Waals surface area contributed by atoms with Crippen molar-refractivity contribution in [2.75, 3.05) is 5.32 Å². The Bertz CT molecular complexity index is 911. The molecule has 1 aromatic heterocycles. The molecule has 3 aromatic rings. The zero-order valence-corrected chi connectivity index (χ0v) is 14.4. The van der Waals surface area contributed by atoms with Crippen LogP contribution in [0.15, 0.2) is 53.3 Å². The molecule has 5 heteroatoms. The van der Waals surface area contributed by atoms with Crippen LogP contribution in [0.1, 0.15) is 25.3 Å². The lowest BCUT2D eigenvalue weighted by molar-refractivity contribution is -0.116. The summed E-state index contributed by atoms with van der Waals surface area (Å²) in [6.07, 6.45) is 1.93. The third-order valence-electron chi connectivity index (χ3n) is 3.99. The van der Waals surface area contributed by atoms with E-state index in [1.807, 2.05) is 48.5 Å². The number of benzene rings is 2. The lowest BCUT2D eigenvalue weighted by Gasteiger charge is -2.09. The van der Waals surface area contributed by atoms with Gasteiger partial charge in [0.15, 0.2) is 0 Å². The Morgan fingerprint density at radius 3 is 2.67 bits per heavy atom. The highest BCUT2D eigenvalue weighted by molar-refractivity contribution is 7.13. The van der Waals surface area contributed by atoms with Gasteiger partial charge in [-0.05, 0) is 36.6 Å². The highest BCUT2D eigenvalue weighted by Crippen LogP contribution is 2.17. The summed E-state index contributed by atoms with van der Waals surface area (Å²) < 4.78 is 2.72. The van der Waals surface area contributed by atoms with Gasteiger partial charge in [0.2, 0.25) is 5.91 Å². The van der Waals surface area contributed by atoms with Crippen LogP contribution in [0.3, 0.4) is 0 Å². The van der Waals surface area contributed by atoms with Crippen molar-refractivity contribution < 1.29 is 4.79 Å². The molecule has 1 amide bonds. The molecule has 1 heterocycles. The second-order valence-corrected chi connectivity index (χ2v) is 6.72. The number of fused-ring (bicyclic) bond motifs is 1. The van der Waals surface area contributed by atoms with E-state index in [2.05, 4.69) is 12.2 Å². The molecule has 0 radical (unpaired) electrons. The molecule has 124 valence electrons. The maximum Gasteiger partial charge on any atom is 0.268 e. The molecule has 0 bridgehead atoms. The molecule has 24 heavy (non-hydrogen) atoms. The third kappa shape index (κ3) is 3.57. The Kier molecular flexibility index (Phi) is 5.11. The number of amides is 1. The topological polar surface area (TPSA) is 51.1 Å². The first-order valence-electron chi connectivity index (χ1n) is 8.15. The molecule has 4 nitrogen and oxygen atoms in total. The molecule has 0 atom stereocenters. The van der Waals surface area contributed by atoms with E-state index in [0.717, 1.165) is 27.8 Å². The average molecular weight is 340 g/mol. The summed E-state index contributed by atoms with van der Waals surface area (Å²) in [5.74, 6) is -0.00920. The van der Waals surface area contributed by atoms with Crippen LogP contribution in [0.5, 0.6) is 0 Å². The predicted molar refractivity (Wildman–Crippen MR) is 99.8 cm³/mol. The van der Waals surface area contributed by atoms with Gasteiger partial charge in [0.05, 0.1) is 10.1 Å². The Hall–Kier alpha value is -2.40. The number of anilines is 1. The maximum absolute atomic E-state index is 12.3. The van der Waals surface area contributed by atoms with E-state index in [0.29, 0.717) is 19.4 Å². The number of aromatic nitrogens is 1. The summed E-state index contributed by atoms with van der Waals surface area (Å²) in [7, 11) is 0. The monoisotopic (exact) mass is 340 g/mol. The molecule has 0 aliphatic carbocycles. The van der Waals surface area contributed by atoms with Crippen LogP contribution in [-0.2, 0) is 17.8 Å². The zero-order chi connectivity index (χ0) is 16.9. The maximum atomic E-state index is 12.3. The standard InChI is InChI=1S/C19H20N2O2S/c1-2-14-8-3-5-10-16(14)20-18(22)12-7-13-21-19(23)15-9-4-6-11-17(15)24-21/h3-6,8-11H,2,7,12-13H2,1H3,(H,20,22). The van der Waals surface area contributed by atoms with Crippen LogP contribution in [0, 0.1) is 0 Å². The van der Waals surface area contributed by atoms with E-state index in [4.69, 9.17) is 0 Å². The summed E-state index contributed by atoms with van der Waals surface area (Å²) in [4.78, 5) is 24.4. The summed E-state index contributed by atoms with van der Waals surface area (Å²) >= 11 is 1.46. The summed E-state index contributed by atoms with van der Waals surface area (Å²) in [5, 5.41) is 3.72. The second-order valence-electron chi connectivity index (χ2n) is 5.66. The quantitative estimate of drug-likeness (QED) is 0.736. The smallest absolute Gasteiger partial charge is 0.268 e. The minimum Gasteiger partial charge on any atom is -0.326 e. The van der Waals surface area contributed by atoms with Crippen molar-refractivity contribution in [2.45, 2.75) is 32.7 Å². The zero-order valence-electron chi connectivity index (χ0n) is 13.6. The number of hydrogen-bond donors (Lipinski definition) is 1. The van der Waals surface area contributed by atoms with Gasteiger partial charge in [0.1, 0.15) is 0 Å². The molecule has 0 spiro atoms. The first-order chi connectivity index (χ1) is 11.7. The van der Waals surface area contributed by atoms with Gasteiger partial charge in [-0.15, -0.1) is 0 Å². The number of rotatable bonds is 6. The molecule has 0 saturated heterocycles. The van der Waals surface area contributed by atoms with Gasteiger partial charge in [-0.25, -0.2) is 0 Å². The number of aryl methyl sites for hydroxylation is 2. The second kappa shape index (κ2) is 7.45. The van der Waals surface area contributed by atoms with Crippen molar-refractivity contribution in [3.8, 4) is 0 Å². The van der Waals surface area contributed by atoms with Crippen LogP contribution >= 0.6 is 11.5 Å². The number of nitrogens with zero attached hydrogens (tertiary/aromatic N) is 1. The molecule has 1 N–H and O–H groups in total. The molecule has 2 aromatic carbocycles. The molecule has 0 fully saturated rings. The average Bonchev–Trinajstić information content (AvgIpc) is 2.92. The van der Waals surface area contributed by atoms with Gasteiger partial charge in [0.25, 0.3) is 5.56 Å². The fourth-order valence-corrected chi connectivity index (χ4v) is 3.74. The van der Waals surface area contributed by atoms with Crippen LogP contribution in [-0.4, -0.2) is 9.86 Å². The first kappa shape index (κ1) is 16.5. The normalized spacial score (nSPS) is 10.9. The minimum absolute atomic E-state index is 0.00920. The highest BCUT2D eigenvalue weighted by atomic mass is 32.1. The minimum atomic E-state index is -0.00920. The lowest BCUT2D eigenvalue weighted by atomic mass is 10.1. The number of carbonyl (C=O) groups is 1. The molecular weight excluding hydrogens is 320 g/mol. The van der Waals surface area contributed by atoms with E-state index in [1.54, 1.807) is 3.96 Å². The van der Waals surface area contributed by atoms with Crippen molar-refractivity contribution in [1.29, 1.82) is 0 Å². The Labute approximate surface area is 144 Å². The van der Waals surface area contributed by atoms with Gasteiger partial charge >= 0.3 is 0 Å². The van der Waals surface area contributed by atoms with Crippen LogP contribution in [0.25, 0.3) is 10.1 Å². The van der Waals surface area contributed by atoms with E-state index in [-0.39, 0.29) is 11.5 Å². The van der Waals surface area contributed by atoms with Crippen molar-refractivity contribution in [3.05, 3.63) is 64.4 Å². The molecule has 0 saturated carbocycles. The Balaban J connectivity index is 1.58. The van der Waals surface area contributed by atoms with E-state index in [1.165, 1.54) is 11.5 Å². The van der Waals surface area contributed by atoms with Gasteiger partial charge in [-0.1, -0.05) is 48.8 Å². The van der Waals surface area contributed by atoms with Crippen LogP contribution in [0.2, 0.25) is 0 Å². The molecule has 0 aliphatic heterocycles. The summed E-state index contributed by atoms with van der Waals surface area (Å²) in [5.41, 5.74) is 2.04.